The van der Waals surface area contributed by atoms with Crippen LogP contribution < -0.4 is 5.32 Å². The third-order valence-electron chi connectivity index (χ3n) is 3.19. The zero-order chi connectivity index (χ0) is 12.6. The van der Waals surface area contributed by atoms with Gasteiger partial charge in [0, 0.05) is 17.1 Å². The molecule has 0 bridgehead atoms. The van der Waals surface area contributed by atoms with Crippen LogP contribution in [-0.4, -0.2) is 17.6 Å². The monoisotopic (exact) mass is 301 g/mol. The van der Waals surface area contributed by atoms with Gasteiger partial charge in [0.05, 0.1) is 5.92 Å². The molecule has 1 aromatic carbocycles. The number of carboxylic acid groups (broad SMARTS) is 1. The van der Waals surface area contributed by atoms with Crippen LogP contribution in [0.2, 0.25) is 0 Å². The van der Waals surface area contributed by atoms with Crippen LogP contribution in [0.3, 0.4) is 0 Å². The Morgan fingerprint density at radius 2 is 2.29 bits per heavy atom. The zero-order valence-electron chi connectivity index (χ0n) is 9.34. The minimum Gasteiger partial charge on any atom is -0.481 e. The Labute approximate surface area is 107 Å². The lowest BCUT2D eigenvalue weighted by atomic mass is 9.99. The van der Waals surface area contributed by atoms with Gasteiger partial charge in [-0.1, -0.05) is 15.9 Å². The topological polar surface area (TPSA) is 49.3 Å². The van der Waals surface area contributed by atoms with Crippen LogP contribution in [0.25, 0.3) is 0 Å². The predicted molar refractivity (Wildman–Crippen MR) is 65.3 cm³/mol. The number of halogens is 2. The zero-order valence-corrected chi connectivity index (χ0v) is 10.9. The van der Waals surface area contributed by atoms with Gasteiger partial charge in [-0.05, 0) is 36.6 Å². The number of carboxylic acids is 1. The van der Waals surface area contributed by atoms with Crippen molar-refractivity contribution in [1.29, 1.82) is 0 Å². The summed E-state index contributed by atoms with van der Waals surface area (Å²) in [5, 5.41) is 12.0. The maximum Gasteiger partial charge on any atom is 0.307 e. The highest BCUT2D eigenvalue weighted by Crippen LogP contribution is 2.31. The molecule has 17 heavy (non-hydrogen) atoms. The van der Waals surface area contributed by atoms with Gasteiger partial charge in [-0.15, -0.1) is 0 Å². The molecule has 3 nitrogen and oxygen atoms in total. The Hall–Kier alpha value is -0.940. The first kappa shape index (κ1) is 12.5. The van der Waals surface area contributed by atoms with Crippen LogP contribution in [0.15, 0.2) is 16.6 Å². The van der Waals surface area contributed by atoms with E-state index >= 15 is 0 Å². The largest absolute Gasteiger partial charge is 0.481 e. The minimum atomic E-state index is -0.799. The maximum atomic E-state index is 13.6. The summed E-state index contributed by atoms with van der Waals surface area (Å²) in [6, 6.07) is 3.24. The first-order valence-electron chi connectivity index (χ1n) is 5.40. The lowest BCUT2D eigenvalue weighted by molar-refractivity contribution is -0.141. The van der Waals surface area contributed by atoms with Crippen LogP contribution in [0.1, 0.15) is 23.6 Å². The summed E-state index contributed by atoms with van der Waals surface area (Å²) in [5.41, 5.74) is 1.37. The standard InChI is InChI=1S/C12H13BrFNO2/c1-6-9(13)2-7(3-10(6)14)11-4-8(5-15-11)12(16)17/h2-3,8,11,15H,4-5H2,1H3,(H,16,17). The van der Waals surface area contributed by atoms with Gasteiger partial charge in [-0.3, -0.25) is 4.79 Å². The Balaban J connectivity index is 2.22. The van der Waals surface area contributed by atoms with Gasteiger partial charge < -0.3 is 10.4 Å². The molecular formula is C12H13BrFNO2. The smallest absolute Gasteiger partial charge is 0.307 e. The van der Waals surface area contributed by atoms with Crippen molar-refractivity contribution in [3.63, 3.8) is 0 Å². The molecule has 1 fully saturated rings. The van der Waals surface area contributed by atoms with Gasteiger partial charge in [0.15, 0.2) is 0 Å². The number of aliphatic carboxylic acids is 1. The summed E-state index contributed by atoms with van der Waals surface area (Å²) < 4.78 is 14.3. The van der Waals surface area contributed by atoms with E-state index in [2.05, 4.69) is 21.2 Å². The Kier molecular flexibility index (Phi) is 3.49. The summed E-state index contributed by atoms with van der Waals surface area (Å²) in [6.45, 7) is 2.14. The molecule has 0 saturated carbocycles. The molecule has 1 aliphatic rings. The van der Waals surface area contributed by atoms with E-state index in [9.17, 15) is 9.18 Å². The van der Waals surface area contributed by atoms with Crippen molar-refractivity contribution in [3.8, 4) is 0 Å². The number of hydrogen-bond donors (Lipinski definition) is 2. The Morgan fingerprint density at radius 1 is 1.59 bits per heavy atom. The normalized spacial score (nSPS) is 23.9. The lowest BCUT2D eigenvalue weighted by Crippen LogP contribution is -2.17. The van der Waals surface area contributed by atoms with Crippen LogP contribution in [-0.2, 0) is 4.79 Å². The Morgan fingerprint density at radius 3 is 2.82 bits per heavy atom. The van der Waals surface area contributed by atoms with Crippen molar-refractivity contribution in [2.75, 3.05) is 6.54 Å². The molecule has 1 aromatic rings. The van der Waals surface area contributed by atoms with Crippen molar-refractivity contribution in [2.24, 2.45) is 5.92 Å². The molecule has 2 N–H and O–H groups in total. The third kappa shape index (κ3) is 2.50. The summed E-state index contributed by atoms with van der Waals surface area (Å²) in [7, 11) is 0. The van der Waals surface area contributed by atoms with E-state index in [1.807, 2.05) is 6.07 Å². The van der Waals surface area contributed by atoms with Gasteiger partial charge in [-0.2, -0.15) is 0 Å². The van der Waals surface area contributed by atoms with Crippen LogP contribution in [0.4, 0.5) is 4.39 Å². The second kappa shape index (κ2) is 4.74. The highest BCUT2D eigenvalue weighted by molar-refractivity contribution is 9.10. The molecule has 0 aliphatic carbocycles. The fourth-order valence-corrected chi connectivity index (χ4v) is 2.50. The minimum absolute atomic E-state index is 0.0810. The van der Waals surface area contributed by atoms with Crippen molar-refractivity contribution >= 4 is 21.9 Å². The summed E-state index contributed by atoms with van der Waals surface area (Å²) in [6.07, 6.45) is 0.504. The van der Waals surface area contributed by atoms with E-state index in [-0.39, 0.29) is 17.8 Å². The van der Waals surface area contributed by atoms with Gasteiger partial charge in [0.2, 0.25) is 0 Å². The van der Waals surface area contributed by atoms with Gasteiger partial charge in [0.1, 0.15) is 5.82 Å². The molecule has 1 aliphatic heterocycles. The van der Waals surface area contributed by atoms with Crippen LogP contribution in [0, 0.1) is 18.7 Å². The average Bonchev–Trinajstić information content (AvgIpc) is 2.74. The van der Waals surface area contributed by atoms with E-state index in [0.29, 0.717) is 23.0 Å². The van der Waals surface area contributed by atoms with E-state index in [1.54, 1.807) is 6.92 Å². The SMILES string of the molecule is Cc1c(F)cc(C2CC(C(=O)O)CN2)cc1Br. The fraction of sp³-hybridized carbons (Fsp3) is 0.417. The van der Waals surface area contributed by atoms with Gasteiger partial charge in [-0.25, -0.2) is 4.39 Å². The quantitative estimate of drug-likeness (QED) is 0.883. The van der Waals surface area contributed by atoms with Crippen LogP contribution >= 0.6 is 15.9 Å². The Bertz CT molecular complexity index is 441. The molecule has 92 valence electrons. The predicted octanol–water partition coefficient (Wildman–Crippen LogP) is 2.63. The van der Waals surface area contributed by atoms with Gasteiger partial charge in [0.25, 0.3) is 0 Å². The number of rotatable bonds is 2. The second-order valence-electron chi connectivity index (χ2n) is 4.34. The van der Waals surface area contributed by atoms with Crippen molar-refractivity contribution in [3.05, 3.63) is 33.5 Å². The summed E-state index contributed by atoms with van der Waals surface area (Å²) in [5.74, 6) is -1.45. The lowest BCUT2D eigenvalue weighted by Gasteiger charge is -2.12. The van der Waals surface area contributed by atoms with Crippen LogP contribution in [0.5, 0.6) is 0 Å². The van der Waals surface area contributed by atoms with E-state index in [0.717, 1.165) is 5.56 Å². The van der Waals surface area contributed by atoms with E-state index in [1.165, 1.54) is 6.07 Å². The summed E-state index contributed by atoms with van der Waals surface area (Å²) >= 11 is 3.30. The van der Waals surface area contributed by atoms with Crippen molar-refractivity contribution in [1.82, 2.24) is 5.32 Å². The van der Waals surface area contributed by atoms with Crippen molar-refractivity contribution in [2.45, 2.75) is 19.4 Å². The van der Waals surface area contributed by atoms with Gasteiger partial charge >= 0.3 is 5.97 Å². The highest BCUT2D eigenvalue weighted by atomic mass is 79.9. The second-order valence-corrected chi connectivity index (χ2v) is 5.20. The molecule has 0 radical (unpaired) electrons. The molecule has 5 heteroatoms. The first-order valence-corrected chi connectivity index (χ1v) is 6.20. The molecule has 2 rings (SSSR count). The number of nitrogens with one attached hydrogen (secondary N) is 1. The molecular weight excluding hydrogens is 289 g/mol. The molecule has 1 heterocycles. The molecule has 2 unspecified atom stereocenters. The number of benzene rings is 1. The molecule has 1 saturated heterocycles. The molecule has 0 spiro atoms. The highest BCUT2D eigenvalue weighted by Gasteiger charge is 2.30. The molecule has 0 aromatic heterocycles. The first-order chi connectivity index (χ1) is 7.99. The average molecular weight is 302 g/mol. The molecule has 0 amide bonds. The van der Waals surface area contributed by atoms with E-state index in [4.69, 9.17) is 5.11 Å². The number of hydrogen-bond acceptors (Lipinski definition) is 2. The molecule has 2 atom stereocenters. The maximum absolute atomic E-state index is 13.6. The fourth-order valence-electron chi connectivity index (χ4n) is 2.04. The van der Waals surface area contributed by atoms with Crippen molar-refractivity contribution < 1.29 is 14.3 Å². The van der Waals surface area contributed by atoms with E-state index < -0.39 is 5.97 Å². The summed E-state index contributed by atoms with van der Waals surface area (Å²) in [4.78, 5) is 10.8. The number of carbonyl (C=O) groups is 1. The third-order valence-corrected chi connectivity index (χ3v) is 4.01.